The van der Waals surface area contributed by atoms with Crippen molar-refractivity contribution in [3.05, 3.63) is 29.8 Å². The van der Waals surface area contributed by atoms with E-state index in [4.69, 9.17) is 9.47 Å². The maximum atomic E-state index is 11.8. The standard InChI is InChI=1S/C17H18N2O5/c18-12-17(7-1-2-8-17)19-15(21)10-24-16(22)11-23-14-5-3-13(9-20)4-6-14/h3-6,9H,1-2,7-8,10-11H2,(H,19,21). The molecule has 0 saturated heterocycles. The van der Waals surface area contributed by atoms with Gasteiger partial charge in [-0.1, -0.05) is 0 Å². The lowest BCUT2D eigenvalue weighted by Gasteiger charge is -2.21. The van der Waals surface area contributed by atoms with Gasteiger partial charge in [0.2, 0.25) is 0 Å². The van der Waals surface area contributed by atoms with E-state index in [1.165, 1.54) is 0 Å². The van der Waals surface area contributed by atoms with Crippen molar-refractivity contribution >= 4 is 18.2 Å². The number of nitriles is 1. The zero-order valence-corrected chi connectivity index (χ0v) is 13.1. The van der Waals surface area contributed by atoms with Crippen molar-refractivity contribution < 1.29 is 23.9 Å². The molecule has 0 aliphatic heterocycles. The molecule has 1 fully saturated rings. The molecule has 7 nitrogen and oxygen atoms in total. The van der Waals surface area contributed by atoms with Gasteiger partial charge in [0.05, 0.1) is 6.07 Å². The SMILES string of the molecule is N#CC1(NC(=O)COC(=O)COc2ccc(C=O)cc2)CCCC1. The molecule has 7 heteroatoms. The number of rotatable bonds is 7. The lowest BCUT2D eigenvalue weighted by atomic mass is 10.00. The van der Waals surface area contributed by atoms with Crippen LogP contribution in [0, 0.1) is 11.3 Å². The summed E-state index contributed by atoms with van der Waals surface area (Å²) in [5.74, 6) is -0.777. The van der Waals surface area contributed by atoms with Gasteiger partial charge in [-0.25, -0.2) is 4.79 Å². The summed E-state index contributed by atoms with van der Waals surface area (Å²) in [6.07, 6.45) is 3.72. The Morgan fingerprint density at radius 1 is 1.21 bits per heavy atom. The molecule has 0 atom stereocenters. The van der Waals surface area contributed by atoms with Crippen molar-refractivity contribution in [1.82, 2.24) is 5.32 Å². The number of benzene rings is 1. The van der Waals surface area contributed by atoms with Crippen LogP contribution in [0.25, 0.3) is 0 Å². The monoisotopic (exact) mass is 330 g/mol. The Morgan fingerprint density at radius 3 is 2.46 bits per heavy atom. The molecule has 0 unspecified atom stereocenters. The molecule has 0 bridgehead atoms. The van der Waals surface area contributed by atoms with Gasteiger partial charge in [-0.15, -0.1) is 0 Å². The minimum atomic E-state index is -0.833. The highest BCUT2D eigenvalue weighted by Crippen LogP contribution is 2.28. The molecule has 0 radical (unpaired) electrons. The predicted octanol–water partition coefficient (Wildman–Crippen LogP) is 1.37. The number of aldehydes is 1. The highest BCUT2D eigenvalue weighted by molar-refractivity contribution is 5.82. The fraction of sp³-hybridized carbons (Fsp3) is 0.412. The summed E-state index contributed by atoms with van der Waals surface area (Å²) >= 11 is 0. The number of nitrogens with zero attached hydrogens (tertiary/aromatic N) is 1. The number of nitrogens with one attached hydrogen (secondary N) is 1. The van der Waals surface area contributed by atoms with Crippen LogP contribution in [0.4, 0.5) is 0 Å². The molecule has 0 heterocycles. The summed E-state index contributed by atoms with van der Waals surface area (Å²) in [6, 6.07) is 8.36. The Labute approximate surface area is 139 Å². The average molecular weight is 330 g/mol. The minimum Gasteiger partial charge on any atom is -0.482 e. The average Bonchev–Trinajstić information content (AvgIpc) is 3.07. The highest BCUT2D eigenvalue weighted by Gasteiger charge is 2.35. The van der Waals surface area contributed by atoms with E-state index in [0.29, 0.717) is 30.4 Å². The second-order valence-corrected chi connectivity index (χ2v) is 5.59. The van der Waals surface area contributed by atoms with E-state index >= 15 is 0 Å². The van der Waals surface area contributed by atoms with Gasteiger partial charge in [0.15, 0.2) is 13.2 Å². The lowest BCUT2D eigenvalue weighted by molar-refractivity contribution is -0.150. The molecule has 126 valence electrons. The summed E-state index contributed by atoms with van der Waals surface area (Å²) in [6.45, 7) is -0.799. The zero-order chi connectivity index (χ0) is 17.4. The summed E-state index contributed by atoms with van der Waals surface area (Å²) in [5.41, 5.74) is -0.333. The van der Waals surface area contributed by atoms with E-state index in [0.717, 1.165) is 12.8 Å². The lowest BCUT2D eigenvalue weighted by Crippen LogP contribution is -2.46. The highest BCUT2D eigenvalue weighted by atomic mass is 16.6. The topological polar surface area (TPSA) is 105 Å². The van der Waals surface area contributed by atoms with E-state index in [1.54, 1.807) is 24.3 Å². The van der Waals surface area contributed by atoms with E-state index in [1.807, 2.05) is 0 Å². The second kappa shape index (κ2) is 8.11. The fourth-order valence-corrected chi connectivity index (χ4v) is 2.52. The van der Waals surface area contributed by atoms with E-state index in [-0.39, 0.29) is 6.61 Å². The van der Waals surface area contributed by atoms with Crippen molar-refractivity contribution in [2.24, 2.45) is 0 Å². The van der Waals surface area contributed by atoms with Gasteiger partial charge >= 0.3 is 5.97 Å². The van der Waals surface area contributed by atoms with Crippen LogP contribution in [0.5, 0.6) is 5.75 Å². The number of amides is 1. The fourth-order valence-electron chi connectivity index (χ4n) is 2.52. The first-order valence-corrected chi connectivity index (χ1v) is 7.63. The van der Waals surface area contributed by atoms with Crippen LogP contribution in [0.1, 0.15) is 36.0 Å². The van der Waals surface area contributed by atoms with E-state index < -0.39 is 24.0 Å². The molecule has 1 aromatic carbocycles. The molecule has 1 N–H and O–H groups in total. The molecule has 0 spiro atoms. The van der Waals surface area contributed by atoms with Crippen molar-refractivity contribution in [3.8, 4) is 11.8 Å². The number of hydrogen-bond acceptors (Lipinski definition) is 6. The van der Waals surface area contributed by atoms with Gasteiger partial charge in [-0.2, -0.15) is 5.26 Å². The molecular weight excluding hydrogens is 312 g/mol. The zero-order valence-electron chi connectivity index (χ0n) is 13.1. The van der Waals surface area contributed by atoms with Crippen molar-refractivity contribution in [2.45, 2.75) is 31.2 Å². The predicted molar refractivity (Wildman–Crippen MR) is 83.2 cm³/mol. The molecule has 24 heavy (non-hydrogen) atoms. The van der Waals surface area contributed by atoms with Crippen LogP contribution in [-0.4, -0.2) is 36.9 Å². The number of hydrogen-bond donors (Lipinski definition) is 1. The van der Waals surface area contributed by atoms with Crippen LogP contribution in [0.3, 0.4) is 0 Å². The maximum Gasteiger partial charge on any atom is 0.344 e. The third kappa shape index (κ3) is 4.81. The van der Waals surface area contributed by atoms with Crippen LogP contribution in [0.2, 0.25) is 0 Å². The van der Waals surface area contributed by atoms with Crippen molar-refractivity contribution in [1.29, 1.82) is 5.26 Å². The molecule has 2 rings (SSSR count). The Kier molecular flexibility index (Phi) is 5.90. The quantitative estimate of drug-likeness (QED) is 0.598. The summed E-state index contributed by atoms with van der Waals surface area (Å²) in [4.78, 5) is 33.9. The van der Waals surface area contributed by atoms with E-state index in [2.05, 4.69) is 11.4 Å². The van der Waals surface area contributed by atoms with Gasteiger partial charge < -0.3 is 14.8 Å². The van der Waals surface area contributed by atoms with Gasteiger partial charge in [-0.05, 0) is 49.9 Å². The molecule has 1 aromatic rings. The maximum absolute atomic E-state index is 11.8. The first-order valence-electron chi connectivity index (χ1n) is 7.63. The van der Waals surface area contributed by atoms with Gasteiger partial charge in [0.25, 0.3) is 5.91 Å². The van der Waals surface area contributed by atoms with Gasteiger partial charge in [-0.3, -0.25) is 9.59 Å². The van der Waals surface area contributed by atoms with E-state index in [9.17, 15) is 19.6 Å². The third-order valence-electron chi connectivity index (χ3n) is 3.79. The number of carbonyl (C=O) groups excluding carboxylic acids is 3. The molecule has 1 saturated carbocycles. The largest absolute Gasteiger partial charge is 0.482 e. The first kappa shape index (κ1) is 17.5. The van der Waals surface area contributed by atoms with Crippen molar-refractivity contribution in [3.63, 3.8) is 0 Å². The first-order chi connectivity index (χ1) is 11.6. The molecule has 1 aliphatic carbocycles. The van der Waals surface area contributed by atoms with Crippen LogP contribution >= 0.6 is 0 Å². The number of esters is 1. The third-order valence-corrected chi connectivity index (χ3v) is 3.79. The second-order valence-electron chi connectivity index (χ2n) is 5.59. The Balaban J connectivity index is 1.71. The smallest absolute Gasteiger partial charge is 0.344 e. The van der Waals surface area contributed by atoms with Crippen LogP contribution in [0.15, 0.2) is 24.3 Å². The summed E-state index contributed by atoms with van der Waals surface area (Å²) < 4.78 is 10.0. The Bertz CT molecular complexity index is 642. The van der Waals surface area contributed by atoms with Gasteiger partial charge in [0.1, 0.15) is 17.6 Å². The normalized spacial score (nSPS) is 15.1. The van der Waals surface area contributed by atoms with Crippen LogP contribution < -0.4 is 10.1 Å². The number of ether oxygens (including phenoxy) is 2. The summed E-state index contributed by atoms with van der Waals surface area (Å²) in [5, 5.41) is 11.8. The number of carbonyl (C=O) groups is 3. The Hall–Kier alpha value is -2.88. The molecule has 0 aromatic heterocycles. The molecular formula is C17H18N2O5. The van der Waals surface area contributed by atoms with Crippen LogP contribution in [-0.2, 0) is 14.3 Å². The van der Waals surface area contributed by atoms with Crippen molar-refractivity contribution in [2.75, 3.05) is 13.2 Å². The Morgan fingerprint density at radius 2 is 1.88 bits per heavy atom. The molecule has 1 amide bonds. The summed E-state index contributed by atoms with van der Waals surface area (Å²) in [7, 11) is 0. The van der Waals surface area contributed by atoms with Gasteiger partial charge in [0, 0.05) is 5.56 Å². The minimum absolute atomic E-state index is 0.350. The molecule has 1 aliphatic rings.